The van der Waals surface area contributed by atoms with E-state index in [0.29, 0.717) is 5.95 Å². The zero-order valence-electron chi connectivity index (χ0n) is 11.7. The van der Waals surface area contributed by atoms with Crippen LogP contribution in [0.5, 0.6) is 0 Å². The summed E-state index contributed by atoms with van der Waals surface area (Å²) in [6.07, 6.45) is 3.76. The first-order chi connectivity index (χ1) is 9.83. The number of hydrazine groups is 1. The molecule has 0 unspecified atom stereocenters. The van der Waals surface area contributed by atoms with Gasteiger partial charge in [0.2, 0.25) is 0 Å². The normalized spacial score (nSPS) is 16.1. The standard InChI is InChI=1S/C15H19N5/c1-12-14(13-8-4-2-5-9-13)17-18-15(16-12)19-20-10-6-3-7-11-20/h2,4-5,8-9H,3,6-7,10-11H2,1H3,(H,16,18,19). The van der Waals surface area contributed by atoms with Crippen molar-refractivity contribution in [2.24, 2.45) is 0 Å². The van der Waals surface area contributed by atoms with Crippen molar-refractivity contribution < 1.29 is 0 Å². The van der Waals surface area contributed by atoms with Crippen LogP contribution in [0.25, 0.3) is 11.3 Å². The highest BCUT2D eigenvalue weighted by Crippen LogP contribution is 2.19. The van der Waals surface area contributed by atoms with E-state index in [1.807, 2.05) is 37.3 Å². The number of nitrogens with one attached hydrogen (secondary N) is 1. The molecule has 1 aromatic heterocycles. The van der Waals surface area contributed by atoms with Crippen molar-refractivity contribution in [3.05, 3.63) is 36.0 Å². The Morgan fingerprint density at radius 2 is 1.75 bits per heavy atom. The molecule has 0 amide bonds. The molecule has 5 nitrogen and oxygen atoms in total. The van der Waals surface area contributed by atoms with Gasteiger partial charge in [0.25, 0.3) is 5.95 Å². The summed E-state index contributed by atoms with van der Waals surface area (Å²) in [5.74, 6) is 0.587. The molecule has 0 atom stereocenters. The second-order valence-electron chi connectivity index (χ2n) is 5.09. The highest BCUT2D eigenvalue weighted by molar-refractivity contribution is 5.60. The lowest BCUT2D eigenvalue weighted by Gasteiger charge is -2.26. The van der Waals surface area contributed by atoms with Gasteiger partial charge >= 0.3 is 0 Å². The number of piperidine rings is 1. The van der Waals surface area contributed by atoms with Crippen molar-refractivity contribution in [3.8, 4) is 11.3 Å². The van der Waals surface area contributed by atoms with Crippen molar-refractivity contribution in [1.82, 2.24) is 20.2 Å². The second-order valence-corrected chi connectivity index (χ2v) is 5.09. The number of hydrogen-bond acceptors (Lipinski definition) is 5. The number of anilines is 1. The summed E-state index contributed by atoms with van der Waals surface area (Å²) in [7, 11) is 0. The fraction of sp³-hybridized carbons (Fsp3) is 0.400. The Labute approximate surface area is 119 Å². The summed E-state index contributed by atoms with van der Waals surface area (Å²) < 4.78 is 0. The van der Waals surface area contributed by atoms with Crippen LogP contribution < -0.4 is 5.43 Å². The number of rotatable bonds is 3. The lowest BCUT2D eigenvalue weighted by Crippen LogP contribution is -2.35. The maximum atomic E-state index is 4.52. The van der Waals surface area contributed by atoms with E-state index in [9.17, 15) is 0 Å². The molecule has 1 aliphatic rings. The predicted molar refractivity (Wildman–Crippen MR) is 79.0 cm³/mol. The van der Waals surface area contributed by atoms with Gasteiger partial charge in [0.1, 0.15) is 5.69 Å². The Balaban J connectivity index is 1.77. The highest BCUT2D eigenvalue weighted by Gasteiger charge is 2.12. The molecule has 1 saturated heterocycles. The number of nitrogens with zero attached hydrogens (tertiary/aromatic N) is 4. The average molecular weight is 269 g/mol. The molecule has 5 heteroatoms. The summed E-state index contributed by atoms with van der Waals surface area (Å²) in [4.78, 5) is 4.52. The van der Waals surface area contributed by atoms with Gasteiger partial charge in [-0.25, -0.2) is 9.99 Å². The molecule has 1 aliphatic heterocycles. The monoisotopic (exact) mass is 269 g/mol. The quantitative estimate of drug-likeness (QED) is 0.928. The molecule has 0 saturated carbocycles. The fourth-order valence-electron chi connectivity index (χ4n) is 2.46. The Kier molecular flexibility index (Phi) is 3.87. The van der Waals surface area contributed by atoms with Crippen LogP contribution in [0.3, 0.4) is 0 Å². The second kappa shape index (κ2) is 5.96. The zero-order chi connectivity index (χ0) is 13.8. The van der Waals surface area contributed by atoms with Crippen LogP contribution >= 0.6 is 0 Å². The smallest absolute Gasteiger partial charge is 0.257 e. The summed E-state index contributed by atoms with van der Waals surface area (Å²) in [6, 6.07) is 10.0. The Hall–Kier alpha value is -2.01. The summed E-state index contributed by atoms with van der Waals surface area (Å²) in [6.45, 7) is 4.06. The first-order valence-corrected chi connectivity index (χ1v) is 7.11. The van der Waals surface area contributed by atoms with E-state index in [4.69, 9.17) is 0 Å². The summed E-state index contributed by atoms with van der Waals surface area (Å²) >= 11 is 0. The van der Waals surface area contributed by atoms with Crippen molar-refractivity contribution in [3.63, 3.8) is 0 Å². The number of hydrogen-bond donors (Lipinski definition) is 1. The van der Waals surface area contributed by atoms with Crippen molar-refractivity contribution in [2.45, 2.75) is 26.2 Å². The van der Waals surface area contributed by atoms with Gasteiger partial charge in [0.15, 0.2) is 0 Å². The molecule has 1 aromatic carbocycles. The van der Waals surface area contributed by atoms with Crippen LogP contribution in [-0.4, -0.2) is 33.3 Å². The van der Waals surface area contributed by atoms with Gasteiger partial charge in [-0.15, -0.1) is 10.2 Å². The predicted octanol–water partition coefficient (Wildman–Crippen LogP) is 2.66. The molecule has 1 fully saturated rings. The van der Waals surface area contributed by atoms with Crippen LogP contribution in [0.15, 0.2) is 30.3 Å². The molecule has 20 heavy (non-hydrogen) atoms. The molecular formula is C15H19N5. The van der Waals surface area contributed by atoms with Gasteiger partial charge in [-0.05, 0) is 19.8 Å². The largest absolute Gasteiger partial charge is 0.286 e. The molecular weight excluding hydrogens is 250 g/mol. The maximum absolute atomic E-state index is 4.52. The van der Waals surface area contributed by atoms with Crippen LogP contribution in [0, 0.1) is 6.92 Å². The molecule has 104 valence electrons. The molecule has 1 N–H and O–H groups in total. The minimum Gasteiger partial charge on any atom is -0.286 e. The van der Waals surface area contributed by atoms with Crippen LogP contribution in [-0.2, 0) is 0 Å². The lowest BCUT2D eigenvalue weighted by molar-refractivity contribution is 0.270. The van der Waals surface area contributed by atoms with E-state index < -0.39 is 0 Å². The molecule has 0 aliphatic carbocycles. The molecule has 3 rings (SSSR count). The van der Waals surface area contributed by atoms with Crippen LogP contribution in [0.2, 0.25) is 0 Å². The van der Waals surface area contributed by atoms with Gasteiger partial charge in [-0.2, -0.15) is 0 Å². The van der Waals surface area contributed by atoms with Gasteiger partial charge < -0.3 is 0 Å². The maximum Gasteiger partial charge on any atom is 0.257 e. The zero-order valence-corrected chi connectivity index (χ0v) is 11.7. The molecule has 0 spiro atoms. The third kappa shape index (κ3) is 2.93. The van der Waals surface area contributed by atoms with E-state index >= 15 is 0 Å². The van der Waals surface area contributed by atoms with E-state index in [1.54, 1.807) is 0 Å². The Bertz CT molecular complexity index is 564. The first-order valence-electron chi connectivity index (χ1n) is 7.11. The molecule has 0 bridgehead atoms. The summed E-state index contributed by atoms with van der Waals surface area (Å²) in [5, 5.41) is 10.7. The molecule has 0 radical (unpaired) electrons. The molecule has 2 heterocycles. The van der Waals surface area contributed by atoms with Crippen molar-refractivity contribution >= 4 is 5.95 Å². The lowest BCUT2D eigenvalue weighted by atomic mass is 10.1. The van der Waals surface area contributed by atoms with Crippen LogP contribution in [0.1, 0.15) is 25.0 Å². The Morgan fingerprint density at radius 1 is 1.00 bits per heavy atom. The minimum absolute atomic E-state index is 0.587. The SMILES string of the molecule is Cc1nc(NN2CCCCC2)nnc1-c1ccccc1. The first kappa shape index (κ1) is 13.0. The van der Waals surface area contributed by atoms with Gasteiger partial charge in [-0.1, -0.05) is 36.8 Å². The highest BCUT2D eigenvalue weighted by atomic mass is 15.5. The van der Waals surface area contributed by atoms with Crippen LogP contribution in [0.4, 0.5) is 5.95 Å². The number of benzene rings is 1. The third-order valence-electron chi connectivity index (χ3n) is 3.52. The van der Waals surface area contributed by atoms with Gasteiger partial charge in [0.05, 0.1) is 5.69 Å². The van der Waals surface area contributed by atoms with E-state index in [-0.39, 0.29) is 0 Å². The van der Waals surface area contributed by atoms with E-state index in [0.717, 1.165) is 30.0 Å². The van der Waals surface area contributed by atoms with E-state index in [1.165, 1.54) is 19.3 Å². The van der Waals surface area contributed by atoms with Gasteiger partial charge in [-0.3, -0.25) is 5.43 Å². The fourth-order valence-corrected chi connectivity index (χ4v) is 2.46. The van der Waals surface area contributed by atoms with E-state index in [2.05, 4.69) is 25.6 Å². The topological polar surface area (TPSA) is 53.9 Å². The minimum atomic E-state index is 0.587. The third-order valence-corrected chi connectivity index (χ3v) is 3.52. The molecule has 2 aromatic rings. The number of aryl methyl sites for hydroxylation is 1. The van der Waals surface area contributed by atoms with Crippen molar-refractivity contribution in [2.75, 3.05) is 18.5 Å². The van der Waals surface area contributed by atoms with Crippen molar-refractivity contribution in [1.29, 1.82) is 0 Å². The summed E-state index contributed by atoms with van der Waals surface area (Å²) in [5.41, 5.74) is 6.04. The average Bonchev–Trinajstić information content (AvgIpc) is 2.49. The number of aromatic nitrogens is 3. The van der Waals surface area contributed by atoms with Gasteiger partial charge in [0, 0.05) is 18.7 Å². The Morgan fingerprint density at radius 3 is 2.45 bits per heavy atom.